The Balaban J connectivity index is 2.73. The van der Waals surface area contributed by atoms with Gasteiger partial charge >= 0.3 is 11.9 Å². The molecule has 0 saturated heterocycles. The van der Waals surface area contributed by atoms with Crippen LogP contribution in [0.25, 0.3) is 6.08 Å². The van der Waals surface area contributed by atoms with E-state index in [0.29, 0.717) is 0 Å². The number of carboxylic acids is 2. The van der Waals surface area contributed by atoms with E-state index in [-0.39, 0.29) is 0 Å². The smallest absolute Gasteiger partial charge is 0.326 e. The van der Waals surface area contributed by atoms with Crippen LogP contribution in [0.5, 0.6) is 0 Å². The second-order valence-corrected chi connectivity index (χ2v) is 5.21. The second-order valence-electron chi connectivity index (χ2n) is 4.36. The van der Waals surface area contributed by atoms with Crippen molar-refractivity contribution in [1.82, 2.24) is 5.32 Å². The number of carboxylic acid groups (broad SMARTS) is 2. The van der Waals surface area contributed by atoms with E-state index < -0.39 is 30.3 Å². The lowest BCUT2D eigenvalue weighted by Gasteiger charge is -2.10. The van der Waals surface area contributed by atoms with Crippen molar-refractivity contribution in [2.45, 2.75) is 19.4 Å². The number of aryl methyl sites for hydroxylation is 1. The largest absolute Gasteiger partial charge is 0.481 e. The molecule has 1 amide bonds. The molecule has 0 spiro atoms. The number of carbonyl (C=O) groups excluding carboxylic acids is 1. The van der Waals surface area contributed by atoms with Gasteiger partial charge in [0, 0.05) is 10.5 Å². The Labute approximate surface area is 129 Å². The molecule has 21 heavy (non-hydrogen) atoms. The lowest BCUT2D eigenvalue weighted by atomic mass is 10.1. The molecule has 0 fully saturated rings. The third kappa shape index (κ3) is 5.78. The topological polar surface area (TPSA) is 104 Å². The predicted molar refractivity (Wildman–Crippen MR) is 79.7 cm³/mol. The average Bonchev–Trinajstić information content (AvgIpc) is 2.36. The van der Waals surface area contributed by atoms with Crippen molar-refractivity contribution in [3.63, 3.8) is 0 Å². The Bertz CT molecular complexity index is 597. The second kappa shape index (κ2) is 7.58. The van der Waals surface area contributed by atoms with E-state index in [1.165, 1.54) is 6.08 Å². The van der Waals surface area contributed by atoms with Crippen LogP contribution in [0.3, 0.4) is 0 Å². The molecule has 6 nitrogen and oxygen atoms in total. The van der Waals surface area contributed by atoms with E-state index in [1.54, 1.807) is 6.07 Å². The summed E-state index contributed by atoms with van der Waals surface area (Å²) in [6.45, 7) is 1.92. The van der Waals surface area contributed by atoms with Crippen molar-refractivity contribution in [1.29, 1.82) is 0 Å². The van der Waals surface area contributed by atoms with Crippen molar-refractivity contribution in [2.24, 2.45) is 0 Å². The molecule has 0 aliphatic heterocycles. The highest BCUT2D eigenvalue weighted by Gasteiger charge is 2.21. The molecule has 0 unspecified atom stereocenters. The van der Waals surface area contributed by atoms with E-state index in [1.807, 2.05) is 19.1 Å². The molecule has 0 aromatic heterocycles. The fourth-order valence-corrected chi connectivity index (χ4v) is 2.15. The van der Waals surface area contributed by atoms with E-state index in [0.717, 1.165) is 21.7 Å². The normalized spacial score (nSPS) is 12.1. The van der Waals surface area contributed by atoms with Crippen molar-refractivity contribution in [3.05, 3.63) is 39.9 Å². The Morgan fingerprint density at radius 2 is 2.00 bits per heavy atom. The number of amides is 1. The number of carbonyl (C=O) groups is 3. The van der Waals surface area contributed by atoms with Crippen LogP contribution in [0.4, 0.5) is 0 Å². The summed E-state index contributed by atoms with van der Waals surface area (Å²) >= 11 is 3.35. The van der Waals surface area contributed by atoms with Gasteiger partial charge in [0.2, 0.25) is 5.91 Å². The first kappa shape index (κ1) is 16.9. The Kier molecular flexibility index (Phi) is 6.10. The monoisotopic (exact) mass is 355 g/mol. The van der Waals surface area contributed by atoms with Crippen LogP contribution in [0, 0.1) is 6.92 Å². The molecule has 1 rings (SSSR count). The molecular weight excluding hydrogens is 342 g/mol. The summed E-state index contributed by atoms with van der Waals surface area (Å²) in [4.78, 5) is 33.0. The standard InChI is InChI=1S/C14H14BrNO5/c1-8-2-3-9(10(15)6-8)4-5-12(17)16-11(14(20)21)7-13(18)19/h2-6,11H,7H2,1H3,(H,16,17)(H,18,19)(H,20,21)/b5-4+/t11-/m0/s1. The first-order valence-electron chi connectivity index (χ1n) is 5.99. The van der Waals surface area contributed by atoms with Gasteiger partial charge in [-0.3, -0.25) is 9.59 Å². The van der Waals surface area contributed by atoms with Gasteiger partial charge < -0.3 is 15.5 Å². The number of hydrogen-bond donors (Lipinski definition) is 3. The van der Waals surface area contributed by atoms with Gasteiger partial charge in [-0.15, -0.1) is 0 Å². The lowest BCUT2D eigenvalue weighted by Crippen LogP contribution is -2.41. The Hall–Kier alpha value is -2.15. The summed E-state index contributed by atoms with van der Waals surface area (Å²) in [5, 5.41) is 19.5. The number of rotatable bonds is 6. The van der Waals surface area contributed by atoms with Gasteiger partial charge in [0.25, 0.3) is 0 Å². The molecule has 1 aromatic carbocycles. The minimum atomic E-state index is -1.46. The predicted octanol–water partition coefficient (Wildman–Crippen LogP) is 1.81. The average molecular weight is 356 g/mol. The highest BCUT2D eigenvalue weighted by atomic mass is 79.9. The third-order valence-corrected chi connectivity index (χ3v) is 3.25. The van der Waals surface area contributed by atoms with Gasteiger partial charge in [-0.05, 0) is 30.2 Å². The van der Waals surface area contributed by atoms with Crippen LogP contribution in [-0.2, 0) is 14.4 Å². The fraction of sp³-hybridized carbons (Fsp3) is 0.214. The Morgan fingerprint density at radius 3 is 2.52 bits per heavy atom. The van der Waals surface area contributed by atoms with Crippen LogP contribution in [-0.4, -0.2) is 34.1 Å². The molecule has 3 N–H and O–H groups in total. The highest BCUT2D eigenvalue weighted by Crippen LogP contribution is 2.19. The number of hydrogen-bond acceptors (Lipinski definition) is 3. The van der Waals surface area contributed by atoms with E-state index >= 15 is 0 Å². The first-order valence-corrected chi connectivity index (χ1v) is 6.78. The molecule has 0 radical (unpaired) electrons. The van der Waals surface area contributed by atoms with Gasteiger partial charge in [0.1, 0.15) is 6.04 Å². The molecule has 112 valence electrons. The van der Waals surface area contributed by atoms with Gasteiger partial charge in [-0.25, -0.2) is 4.79 Å². The summed E-state index contributed by atoms with van der Waals surface area (Å²) in [5.41, 5.74) is 1.80. The van der Waals surface area contributed by atoms with Crippen molar-refractivity contribution >= 4 is 39.9 Å². The molecule has 0 aliphatic rings. The van der Waals surface area contributed by atoms with E-state index in [4.69, 9.17) is 10.2 Å². The first-order chi connectivity index (χ1) is 9.79. The van der Waals surface area contributed by atoms with Crippen LogP contribution in [0.15, 0.2) is 28.7 Å². The summed E-state index contributed by atoms with van der Waals surface area (Å²) in [7, 11) is 0. The van der Waals surface area contributed by atoms with Gasteiger partial charge in [0.15, 0.2) is 0 Å². The summed E-state index contributed by atoms with van der Waals surface area (Å²) in [5.74, 6) is -3.36. The highest BCUT2D eigenvalue weighted by molar-refractivity contribution is 9.10. The van der Waals surface area contributed by atoms with Crippen LogP contribution < -0.4 is 5.32 Å². The zero-order chi connectivity index (χ0) is 16.0. The number of aliphatic carboxylic acids is 2. The molecule has 0 bridgehead atoms. The SMILES string of the molecule is Cc1ccc(/C=C/C(=O)N[C@@H](CC(=O)O)C(=O)O)c(Br)c1. The third-order valence-electron chi connectivity index (χ3n) is 2.56. The maximum absolute atomic E-state index is 11.6. The van der Waals surface area contributed by atoms with E-state index in [2.05, 4.69) is 21.2 Å². The van der Waals surface area contributed by atoms with Gasteiger partial charge in [0.05, 0.1) is 6.42 Å². The van der Waals surface area contributed by atoms with Crippen molar-refractivity contribution in [3.8, 4) is 0 Å². The molecule has 0 saturated carbocycles. The lowest BCUT2D eigenvalue weighted by molar-refractivity contribution is -0.146. The Morgan fingerprint density at radius 1 is 1.33 bits per heavy atom. The summed E-state index contributed by atoms with van der Waals surface area (Å²) in [6.07, 6.45) is 1.99. The summed E-state index contributed by atoms with van der Waals surface area (Å²) in [6, 6.07) is 4.09. The molecular formula is C14H14BrNO5. The van der Waals surface area contributed by atoms with Gasteiger partial charge in [-0.2, -0.15) is 0 Å². The minimum Gasteiger partial charge on any atom is -0.481 e. The molecule has 0 heterocycles. The summed E-state index contributed by atoms with van der Waals surface area (Å²) < 4.78 is 0.798. The minimum absolute atomic E-state index is 0.670. The van der Waals surface area contributed by atoms with Crippen LogP contribution in [0.1, 0.15) is 17.5 Å². The molecule has 0 aliphatic carbocycles. The fourth-order valence-electron chi connectivity index (χ4n) is 1.53. The van der Waals surface area contributed by atoms with E-state index in [9.17, 15) is 14.4 Å². The maximum Gasteiger partial charge on any atom is 0.326 e. The zero-order valence-electron chi connectivity index (χ0n) is 11.2. The number of benzene rings is 1. The van der Waals surface area contributed by atoms with Crippen molar-refractivity contribution in [2.75, 3.05) is 0 Å². The molecule has 1 aromatic rings. The zero-order valence-corrected chi connectivity index (χ0v) is 12.8. The molecule has 1 atom stereocenters. The van der Waals surface area contributed by atoms with Crippen molar-refractivity contribution < 1.29 is 24.6 Å². The number of nitrogens with one attached hydrogen (secondary N) is 1. The maximum atomic E-state index is 11.6. The van der Waals surface area contributed by atoms with Crippen LogP contribution >= 0.6 is 15.9 Å². The van der Waals surface area contributed by atoms with Crippen LogP contribution in [0.2, 0.25) is 0 Å². The molecule has 7 heteroatoms. The quantitative estimate of drug-likeness (QED) is 0.675. The number of halogens is 1. The van der Waals surface area contributed by atoms with Gasteiger partial charge in [-0.1, -0.05) is 28.1 Å².